The Balaban J connectivity index is 1.72. The summed E-state index contributed by atoms with van der Waals surface area (Å²) < 4.78 is 6.69. The number of aryl methyl sites for hydroxylation is 1. The Bertz CT molecular complexity index is 677. The predicted molar refractivity (Wildman–Crippen MR) is 99.1 cm³/mol. The van der Waals surface area contributed by atoms with Gasteiger partial charge in [0.15, 0.2) is 0 Å². The predicted octanol–water partition coefficient (Wildman–Crippen LogP) is 5.48. The van der Waals surface area contributed by atoms with Gasteiger partial charge in [-0.1, -0.05) is 61.4 Å². The van der Waals surface area contributed by atoms with E-state index >= 15 is 0 Å². The van der Waals surface area contributed by atoms with Crippen LogP contribution < -0.4 is 4.90 Å². The topological polar surface area (TPSA) is 12.5 Å². The summed E-state index contributed by atoms with van der Waals surface area (Å²) in [6.07, 6.45) is 5.63. The molecule has 2 unspecified atom stereocenters. The third-order valence-corrected chi connectivity index (χ3v) is 5.76. The van der Waals surface area contributed by atoms with Crippen LogP contribution in [0.25, 0.3) is 0 Å². The first kappa shape index (κ1) is 15.7. The van der Waals surface area contributed by atoms with Crippen molar-refractivity contribution in [3.63, 3.8) is 0 Å². The first-order valence-electron chi connectivity index (χ1n) is 9.30. The molecule has 2 fully saturated rings. The van der Waals surface area contributed by atoms with E-state index in [-0.39, 0.29) is 12.3 Å². The molecule has 126 valence electrons. The van der Waals surface area contributed by atoms with Gasteiger partial charge >= 0.3 is 0 Å². The summed E-state index contributed by atoms with van der Waals surface area (Å²) in [7, 11) is 0. The lowest BCUT2D eigenvalue weighted by Gasteiger charge is -2.33. The van der Waals surface area contributed by atoms with Gasteiger partial charge in [0, 0.05) is 11.6 Å². The SMILES string of the molecule is Cc1ccccc1N1C(C2CCCC2)OC(c2ccccc2)[C@@H]1C. The van der Waals surface area contributed by atoms with Gasteiger partial charge in [-0.3, -0.25) is 0 Å². The highest BCUT2D eigenvalue weighted by Gasteiger charge is 2.44. The van der Waals surface area contributed by atoms with Crippen molar-refractivity contribution in [1.29, 1.82) is 0 Å². The number of hydrogen-bond donors (Lipinski definition) is 0. The van der Waals surface area contributed by atoms with E-state index < -0.39 is 0 Å². The zero-order valence-corrected chi connectivity index (χ0v) is 14.7. The molecule has 2 aromatic carbocycles. The molecule has 2 nitrogen and oxygen atoms in total. The van der Waals surface area contributed by atoms with Crippen molar-refractivity contribution in [2.45, 2.75) is 57.9 Å². The molecule has 3 atom stereocenters. The first-order chi connectivity index (χ1) is 11.8. The van der Waals surface area contributed by atoms with E-state index in [4.69, 9.17) is 4.74 Å². The van der Waals surface area contributed by atoms with E-state index in [1.165, 1.54) is 42.5 Å². The highest BCUT2D eigenvalue weighted by Crippen LogP contribution is 2.44. The molecule has 1 saturated heterocycles. The Morgan fingerprint density at radius 3 is 2.29 bits per heavy atom. The smallest absolute Gasteiger partial charge is 0.134 e. The van der Waals surface area contributed by atoms with E-state index in [2.05, 4.69) is 73.3 Å². The molecule has 24 heavy (non-hydrogen) atoms. The van der Waals surface area contributed by atoms with Crippen molar-refractivity contribution >= 4 is 5.69 Å². The summed E-state index contributed by atoms with van der Waals surface area (Å²) in [5.74, 6) is 0.653. The van der Waals surface area contributed by atoms with E-state index in [1.807, 2.05) is 0 Å². The second-order valence-electron chi connectivity index (χ2n) is 7.34. The Hall–Kier alpha value is -1.80. The molecular weight excluding hydrogens is 294 g/mol. The quantitative estimate of drug-likeness (QED) is 0.742. The lowest BCUT2D eigenvalue weighted by Crippen LogP contribution is -2.40. The van der Waals surface area contributed by atoms with Gasteiger partial charge < -0.3 is 9.64 Å². The Morgan fingerprint density at radius 2 is 1.58 bits per heavy atom. The maximum Gasteiger partial charge on any atom is 0.134 e. The Morgan fingerprint density at radius 1 is 0.917 bits per heavy atom. The molecule has 0 N–H and O–H groups in total. The highest BCUT2D eigenvalue weighted by atomic mass is 16.5. The zero-order valence-electron chi connectivity index (χ0n) is 14.7. The number of benzene rings is 2. The molecule has 4 rings (SSSR count). The standard InChI is InChI=1S/C22H27NO/c1-16-10-6-9-15-20(16)23-17(2)21(18-11-4-3-5-12-18)24-22(23)19-13-7-8-14-19/h3-6,9-12,15,17,19,21-22H,7-8,13-14H2,1-2H3/t17-,21?,22?/m0/s1. The van der Waals surface area contributed by atoms with Crippen LogP contribution in [0.5, 0.6) is 0 Å². The van der Waals surface area contributed by atoms with Crippen molar-refractivity contribution in [2.24, 2.45) is 5.92 Å². The van der Waals surface area contributed by atoms with Crippen molar-refractivity contribution < 1.29 is 4.74 Å². The van der Waals surface area contributed by atoms with E-state index in [0.29, 0.717) is 12.0 Å². The van der Waals surface area contributed by atoms with Crippen LogP contribution in [0.15, 0.2) is 54.6 Å². The fourth-order valence-corrected chi connectivity index (χ4v) is 4.50. The third-order valence-electron chi connectivity index (χ3n) is 5.76. The molecule has 2 aromatic rings. The summed E-state index contributed by atoms with van der Waals surface area (Å²) in [5.41, 5.74) is 3.97. The van der Waals surface area contributed by atoms with E-state index in [1.54, 1.807) is 0 Å². The van der Waals surface area contributed by atoms with Crippen molar-refractivity contribution in [2.75, 3.05) is 4.90 Å². The molecule has 0 amide bonds. The van der Waals surface area contributed by atoms with Gasteiger partial charge in [0.25, 0.3) is 0 Å². The number of para-hydroxylation sites is 1. The first-order valence-corrected chi connectivity index (χ1v) is 9.30. The fourth-order valence-electron chi connectivity index (χ4n) is 4.50. The van der Waals surface area contributed by atoms with Gasteiger partial charge in [-0.15, -0.1) is 0 Å². The minimum absolute atomic E-state index is 0.149. The van der Waals surface area contributed by atoms with Gasteiger partial charge in [-0.25, -0.2) is 0 Å². The lowest BCUT2D eigenvalue weighted by molar-refractivity contribution is 0.0101. The molecule has 1 saturated carbocycles. The second kappa shape index (κ2) is 6.60. The van der Waals surface area contributed by atoms with Crippen LogP contribution in [-0.4, -0.2) is 12.3 Å². The molecule has 0 radical (unpaired) electrons. The number of ether oxygens (including phenoxy) is 1. The summed E-state index contributed by atoms with van der Waals surface area (Å²) in [6.45, 7) is 4.53. The third kappa shape index (κ3) is 2.73. The zero-order chi connectivity index (χ0) is 16.5. The van der Waals surface area contributed by atoms with Gasteiger partial charge in [0.05, 0.1) is 6.04 Å². The maximum absolute atomic E-state index is 6.69. The van der Waals surface area contributed by atoms with E-state index in [0.717, 1.165) is 0 Å². The number of rotatable bonds is 3. The van der Waals surface area contributed by atoms with Crippen molar-refractivity contribution in [3.8, 4) is 0 Å². The van der Waals surface area contributed by atoms with Crippen LogP contribution in [0.2, 0.25) is 0 Å². The fraction of sp³-hybridized carbons (Fsp3) is 0.455. The van der Waals surface area contributed by atoms with Crippen LogP contribution >= 0.6 is 0 Å². The van der Waals surface area contributed by atoms with Gasteiger partial charge in [-0.05, 0) is 43.9 Å². The minimum atomic E-state index is 0.149. The van der Waals surface area contributed by atoms with Crippen molar-refractivity contribution in [3.05, 3.63) is 65.7 Å². The van der Waals surface area contributed by atoms with Crippen molar-refractivity contribution in [1.82, 2.24) is 0 Å². The normalized spacial score (nSPS) is 27.8. The molecule has 1 aliphatic carbocycles. The molecule has 0 spiro atoms. The summed E-state index contributed by atoms with van der Waals surface area (Å²) in [4.78, 5) is 2.56. The monoisotopic (exact) mass is 321 g/mol. The van der Waals surface area contributed by atoms with Gasteiger partial charge in [-0.2, -0.15) is 0 Å². The van der Waals surface area contributed by atoms with Crippen LogP contribution in [0.3, 0.4) is 0 Å². The molecule has 1 heterocycles. The average Bonchev–Trinajstić information content (AvgIpc) is 3.24. The summed E-state index contributed by atoms with van der Waals surface area (Å²) in [5, 5.41) is 0. The minimum Gasteiger partial charge on any atom is -0.348 e. The average molecular weight is 321 g/mol. The maximum atomic E-state index is 6.69. The molecule has 0 aromatic heterocycles. The van der Waals surface area contributed by atoms with Gasteiger partial charge in [0.2, 0.25) is 0 Å². The molecule has 2 heteroatoms. The highest BCUT2D eigenvalue weighted by molar-refractivity contribution is 5.55. The summed E-state index contributed by atoms with van der Waals surface area (Å²) in [6, 6.07) is 19.8. The molecule has 2 aliphatic rings. The largest absolute Gasteiger partial charge is 0.348 e. The Labute approximate surface area is 145 Å². The van der Waals surface area contributed by atoms with Crippen LogP contribution in [0, 0.1) is 12.8 Å². The van der Waals surface area contributed by atoms with Crippen LogP contribution in [-0.2, 0) is 4.74 Å². The molecule has 0 bridgehead atoms. The lowest BCUT2D eigenvalue weighted by atomic mass is 10.0. The molecular formula is C22H27NO. The molecule has 1 aliphatic heterocycles. The summed E-state index contributed by atoms with van der Waals surface area (Å²) >= 11 is 0. The number of nitrogens with zero attached hydrogens (tertiary/aromatic N) is 1. The van der Waals surface area contributed by atoms with Gasteiger partial charge in [0.1, 0.15) is 12.3 Å². The number of hydrogen-bond acceptors (Lipinski definition) is 2. The van der Waals surface area contributed by atoms with Crippen LogP contribution in [0.4, 0.5) is 5.69 Å². The van der Waals surface area contributed by atoms with Crippen LogP contribution in [0.1, 0.15) is 49.8 Å². The second-order valence-corrected chi connectivity index (χ2v) is 7.34. The number of anilines is 1. The van der Waals surface area contributed by atoms with E-state index in [9.17, 15) is 0 Å². The Kier molecular flexibility index (Phi) is 4.32.